The lowest BCUT2D eigenvalue weighted by Gasteiger charge is -2.01. The fraction of sp³-hybridized carbons (Fsp3) is 0.250. The first-order valence-electron chi connectivity index (χ1n) is 5.07. The number of thiazole rings is 1. The van der Waals surface area contributed by atoms with E-state index in [1.165, 1.54) is 4.88 Å². The number of nitrogens with zero attached hydrogens (tertiary/aromatic N) is 1. The first-order valence-corrected chi connectivity index (χ1v) is 6.26. The molecule has 1 aromatic carbocycles. The van der Waals surface area contributed by atoms with Crippen molar-refractivity contribution < 1.29 is 4.39 Å². The van der Waals surface area contributed by atoms with Gasteiger partial charge < -0.3 is 0 Å². The van der Waals surface area contributed by atoms with Gasteiger partial charge >= 0.3 is 0 Å². The Morgan fingerprint density at radius 3 is 2.94 bits per heavy atom. The van der Waals surface area contributed by atoms with Gasteiger partial charge in [0.25, 0.3) is 0 Å². The van der Waals surface area contributed by atoms with E-state index in [1.54, 1.807) is 29.5 Å². The number of benzene rings is 1. The second-order valence-electron chi connectivity index (χ2n) is 3.46. The van der Waals surface area contributed by atoms with Crippen molar-refractivity contribution in [3.8, 4) is 0 Å². The van der Waals surface area contributed by atoms with E-state index in [9.17, 15) is 4.39 Å². The average molecular weight is 256 g/mol. The molecule has 16 heavy (non-hydrogen) atoms. The Bertz CT molecular complexity index is 496. The summed E-state index contributed by atoms with van der Waals surface area (Å²) in [7, 11) is 0. The summed E-state index contributed by atoms with van der Waals surface area (Å²) in [5.74, 6) is -0.336. The maximum absolute atomic E-state index is 13.6. The summed E-state index contributed by atoms with van der Waals surface area (Å²) in [6, 6.07) is 5.06. The van der Waals surface area contributed by atoms with Gasteiger partial charge in [-0.1, -0.05) is 30.7 Å². The maximum atomic E-state index is 13.6. The molecule has 0 radical (unpaired) electrons. The molecule has 2 aromatic rings. The van der Waals surface area contributed by atoms with E-state index >= 15 is 0 Å². The highest BCUT2D eigenvalue weighted by Gasteiger charge is 2.09. The molecule has 0 spiro atoms. The van der Waals surface area contributed by atoms with Gasteiger partial charge in [-0.2, -0.15) is 0 Å². The van der Waals surface area contributed by atoms with Crippen LogP contribution in [0.2, 0.25) is 5.02 Å². The van der Waals surface area contributed by atoms with E-state index < -0.39 is 0 Å². The Balaban J connectivity index is 2.23. The zero-order valence-corrected chi connectivity index (χ0v) is 10.4. The number of rotatable bonds is 3. The number of hydrogen-bond acceptors (Lipinski definition) is 2. The Hall–Kier alpha value is -0.930. The zero-order chi connectivity index (χ0) is 11.5. The molecule has 0 fully saturated rings. The van der Waals surface area contributed by atoms with Crippen molar-refractivity contribution in [3.05, 3.63) is 50.7 Å². The molecule has 1 aromatic heterocycles. The summed E-state index contributed by atoms with van der Waals surface area (Å²) in [4.78, 5) is 5.48. The highest BCUT2D eigenvalue weighted by molar-refractivity contribution is 7.11. The minimum atomic E-state index is -0.336. The van der Waals surface area contributed by atoms with E-state index in [0.717, 1.165) is 11.4 Å². The Labute approximate surface area is 103 Å². The molecule has 0 N–H and O–H groups in total. The minimum absolute atomic E-state index is 0.171. The number of aromatic nitrogens is 1. The van der Waals surface area contributed by atoms with Crippen molar-refractivity contribution in [3.63, 3.8) is 0 Å². The first-order chi connectivity index (χ1) is 7.70. The molecule has 0 aliphatic heterocycles. The molecule has 1 nitrogen and oxygen atoms in total. The van der Waals surface area contributed by atoms with Crippen molar-refractivity contribution in [2.75, 3.05) is 0 Å². The Kier molecular flexibility index (Phi) is 3.56. The van der Waals surface area contributed by atoms with Gasteiger partial charge in [0.15, 0.2) is 0 Å². The highest BCUT2D eigenvalue weighted by atomic mass is 35.5. The summed E-state index contributed by atoms with van der Waals surface area (Å²) >= 11 is 7.34. The molecule has 4 heteroatoms. The van der Waals surface area contributed by atoms with Gasteiger partial charge in [-0.15, -0.1) is 11.3 Å². The molecule has 0 aliphatic carbocycles. The summed E-state index contributed by atoms with van der Waals surface area (Å²) in [6.07, 6.45) is 3.33. The lowest BCUT2D eigenvalue weighted by atomic mass is 10.1. The van der Waals surface area contributed by atoms with Gasteiger partial charge in [-0.05, 0) is 18.1 Å². The predicted molar refractivity (Wildman–Crippen MR) is 65.7 cm³/mol. The standard InChI is InChI=1S/C12H11ClFNS/c1-2-9-7-15-11(16-9)6-8-4-3-5-10(13)12(8)14/h3-5,7H,2,6H2,1H3. The number of aryl methyl sites for hydroxylation is 1. The molecule has 0 saturated carbocycles. The van der Waals surface area contributed by atoms with Crippen LogP contribution in [0.3, 0.4) is 0 Å². The van der Waals surface area contributed by atoms with E-state index in [-0.39, 0.29) is 10.8 Å². The Morgan fingerprint density at radius 1 is 1.44 bits per heavy atom. The van der Waals surface area contributed by atoms with Gasteiger partial charge in [-0.3, -0.25) is 0 Å². The molecule has 2 rings (SSSR count). The molecule has 84 valence electrons. The third-order valence-corrected chi connectivity index (χ3v) is 3.76. The molecular weight excluding hydrogens is 245 g/mol. The SMILES string of the molecule is CCc1cnc(Cc2cccc(Cl)c2F)s1. The fourth-order valence-corrected chi connectivity index (χ4v) is 2.52. The van der Waals surface area contributed by atoms with E-state index in [2.05, 4.69) is 11.9 Å². The van der Waals surface area contributed by atoms with Crippen LogP contribution < -0.4 is 0 Å². The van der Waals surface area contributed by atoms with Crippen LogP contribution in [0.1, 0.15) is 22.4 Å². The number of hydrogen-bond donors (Lipinski definition) is 0. The molecule has 1 heterocycles. The maximum Gasteiger partial charge on any atom is 0.145 e. The first kappa shape index (κ1) is 11.6. The molecule has 0 unspecified atom stereocenters. The van der Waals surface area contributed by atoms with Crippen LogP contribution in [0.15, 0.2) is 24.4 Å². The lowest BCUT2D eigenvalue weighted by molar-refractivity contribution is 0.614. The molecule has 0 amide bonds. The molecule has 0 atom stereocenters. The summed E-state index contributed by atoms with van der Waals surface area (Å²) < 4.78 is 13.6. The topological polar surface area (TPSA) is 12.9 Å². The van der Waals surface area contributed by atoms with Crippen molar-refractivity contribution in [2.24, 2.45) is 0 Å². The van der Waals surface area contributed by atoms with Crippen molar-refractivity contribution in [1.82, 2.24) is 4.98 Å². The fourth-order valence-electron chi connectivity index (χ4n) is 1.44. The van der Waals surface area contributed by atoms with E-state index in [0.29, 0.717) is 12.0 Å². The predicted octanol–water partition coefficient (Wildman–Crippen LogP) is 4.09. The third-order valence-electron chi connectivity index (χ3n) is 2.32. The minimum Gasteiger partial charge on any atom is -0.249 e. The Morgan fingerprint density at radius 2 is 2.25 bits per heavy atom. The third kappa shape index (κ3) is 2.42. The second-order valence-corrected chi connectivity index (χ2v) is 5.07. The molecule has 0 aliphatic rings. The zero-order valence-electron chi connectivity index (χ0n) is 8.84. The van der Waals surface area contributed by atoms with Crippen LogP contribution in [0, 0.1) is 5.82 Å². The van der Waals surface area contributed by atoms with E-state index in [1.807, 2.05) is 6.20 Å². The summed E-state index contributed by atoms with van der Waals surface area (Å²) in [6.45, 7) is 2.08. The van der Waals surface area contributed by atoms with Crippen LogP contribution >= 0.6 is 22.9 Å². The van der Waals surface area contributed by atoms with Crippen molar-refractivity contribution in [1.29, 1.82) is 0 Å². The molecular formula is C12H11ClFNS. The van der Waals surface area contributed by atoms with Crippen molar-refractivity contribution in [2.45, 2.75) is 19.8 Å². The van der Waals surface area contributed by atoms with Gasteiger partial charge in [0.05, 0.1) is 10.0 Å². The average Bonchev–Trinajstić information content (AvgIpc) is 2.73. The van der Waals surface area contributed by atoms with Gasteiger partial charge in [0.2, 0.25) is 0 Å². The van der Waals surface area contributed by atoms with Crippen LogP contribution in [-0.2, 0) is 12.8 Å². The smallest absolute Gasteiger partial charge is 0.145 e. The molecule has 0 saturated heterocycles. The van der Waals surface area contributed by atoms with Gasteiger partial charge in [-0.25, -0.2) is 9.37 Å². The van der Waals surface area contributed by atoms with Crippen LogP contribution in [0.5, 0.6) is 0 Å². The van der Waals surface area contributed by atoms with E-state index in [4.69, 9.17) is 11.6 Å². The monoisotopic (exact) mass is 255 g/mol. The van der Waals surface area contributed by atoms with Gasteiger partial charge in [0.1, 0.15) is 5.82 Å². The van der Waals surface area contributed by atoms with Crippen LogP contribution in [0.25, 0.3) is 0 Å². The van der Waals surface area contributed by atoms with Gasteiger partial charge in [0, 0.05) is 17.5 Å². The van der Waals surface area contributed by atoms with Crippen LogP contribution in [-0.4, -0.2) is 4.98 Å². The normalized spacial score (nSPS) is 10.7. The number of halogens is 2. The van der Waals surface area contributed by atoms with Crippen molar-refractivity contribution >= 4 is 22.9 Å². The van der Waals surface area contributed by atoms with Crippen LogP contribution in [0.4, 0.5) is 4.39 Å². The summed E-state index contributed by atoms with van der Waals surface area (Å²) in [5.41, 5.74) is 0.601. The highest BCUT2D eigenvalue weighted by Crippen LogP contribution is 2.22. The molecule has 0 bridgehead atoms. The largest absolute Gasteiger partial charge is 0.249 e. The quantitative estimate of drug-likeness (QED) is 0.805. The second kappa shape index (κ2) is 4.93. The summed E-state index contributed by atoms with van der Waals surface area (Å²) in [5, 5.41) is 1.10. The lowest BCUT2D eigenvalue weighted by Crippen LogP contribution is -1.92.